The van der Waals surface area contributed by atoms with E-state index in [9.17, 15) is 4.79 Å². The molecule has 0 aliphatic carbocycles. The summed E-state index contributed by atoms with van der Waals surface area (Å²) in [7, 11) is 0. The fourth-order valence-electron chi connectivity index (χ4n) is 2.18. The number of hydrogen-bond donors (Lipinski definition) is 1. The van der Waals surface area contributed by atoms with Gasteiger partial charge in [-0.3, -0.25) is 4.79 Å². The van der Waals surface area contributed by atoms with Crippen molar-refractivity contribution in [3.8, 4) is 0 Å². The van der Waals surface area contributed by atoms with Gasteiger partial charge in [-0.25, -0.2) is 0 Å². The number of thiophene rings is 1. The molecule has 1 fully saturated rings. The Hall–Kier alpha value is -0.870. The molecule has 0 aromatic carbocycles. The average Bonchev–Trinajstić information content (AvgIpc) is 2.74. The summed E-state index contributed by atoms with van der Waals surface area (Å²) < 4.78 is 0. The Morgan fingerprint density at radius 1 is 1.69 bits per heavy atom. The van der Waals surface area contributed by atoms with Crippen molar-refractivity contribution in [2.45, 2.75) is 19.8 Å². The summed E-state index contributed by atoms with van der Waals surface area (Å²) >= 11 is 1.54. The smallest absolute Gasteiger partial charge is 0.264 e. The molecule has 88 valence electrons. The molecule has 2 N–H and O–H groups in total. The van der Waals surface area contributed by atoms with E-state index in [1.54, 1.807) is 0 Å². The van der Waals surface area contributed by atoms with Crippen LogP contribution in [0.2, 0.25) is 0 Å². The molecule has 2 rings (SSSR count). The summed E-state index contributed by atoms with van der Waals surface area (Å²) in [4.78, 5) is 15.1. The lowest BCUT2D eigenvalue weighted by Gasteiger charge is -2.32. The lowest BCUT2D eigenvalue weighted by molar-refractivity contribution is 0.0682. The molecule has 1 aliphatic rings. The molecule has 3 nitrogen and oxygen atoms in total. The molecule has 4 heteroatoms. The van der Waals surface area contributed by atoms with E-state index in [0.717, 1.165) is 36.4 Å². The Kier molecular flexibility index (Phi) is 3.61. The van der Waals surface area contributed by atoms with E-state index >= 15 is 0 Å². The van der Waals surface area contributed by atoms with E-state index in [1.165, 1.54) is 11.3 Å². The second kappa shape index (κ2) is 4.97. The summed E-state index contributed by atoms with van der Waals surface area (Å²) in [5.74, 6) is 0.670. The number of nitrogens with zero attached hydrogens (tertiary/aromatic N) is 1. The van der Waals surface area contributed by atoms with Crippen molar-refractivity contribution in [2.24, 2.45) is 11.7 Å². The molecular formula is C12H18N2OS. The number of amides is 1. The second-order valence-corrected chi connectivity index (χ2v) is 5.34. The fourth-order valence-corrected chi connectivity index (χ4v) is 3.07. The summed E-state index contributed by atoms with van der Waals surface area (Å²) in [5.41, 5.74) is 6.77. The third kappa shape index (κ3) is 2.28. The molecular weight excluding hydrogens is 220 g/mol. The maximum absolute atomic E-state index is 12.2. The van der Waals surface area contributed by atoms with Gasteiger partial charge in [-0.1, -0.05) is 0 Å². The molecule has 16 heavy (non-hydrogen) atoms. The lowest BCUT2D eigenvalue weighted by atomic mass is 9.98. The molecule has 0 radical (unpaired) electrons. The van der Waals surface area contributed by atoms with E-state index in [1.807, 2.05) is 23.3 Å². The molecule has 1 aromatic heterocycles. The zero-order chi connectivity index (χ0) is 11.5. The van der Waals surface area contributed by atoms with Crippen LogP contribution in [0.25, 0.3) is 0 Å². The van der Waals surface area contributed by atoms with E-state index < -0.39 is 0 Å². The number of hydrogen-bond acceptors (Lipinski definition) is 3. The van der Waals surface area contributed by atoms with E-state index in [2.05, 4.69) is 0 Å². The van der Waals surface area contributed by atoms with Crippen molar-refractivity contribution < 1.29 is 4.79 Å². The number of carbonyl (C=O) groups excluding carboxylic acids is 1. The number of nitrogens with two attached hydrogens (primary N) is 1. The predicted octanol–water partition coefficient (Wildman–Crippen LogP) is 1.87. The Labute approximate surface area is 100 Å². The zero-order valence-corrected chi connectivity index (χ0v) is 10.4. The highest BCUT2D eigenvalue weighted by atomic mass is 32.1. The largest absolute Gasteiger partial charge is 0.338 e. The van der Waals surface area contributed by atoms with Crippen molar-refractivity contribution in [3.05, 3.63) is 21.9 Å². The first-order valence-corrected chi connectivity index (χ1v) is 6.63. The fraction of sp³-hybridized carbons (Fsp3) is 0.583. The summed E-state index contributed by atoms with van der Waals surface area (Å²) in [6, 6.07) is 2.00. The van der Waals surface area contributed by atoms with Gasteiger partial charge in [0.25, 0.3) is 5.91 Å². The van der Waals surface area contributed by atoms with Gasteiger partial charge in [0.15, 0.2) is 0 Å². The van der Waals surface area contributed by atoms with Gasteiger partial charge in [0, 0.05) is 13.1 Å². The number of piperidine rings is 1. The van der Waals surface area contributed by atoms with Crippen molar-refractivity contribution in [2.75, 3.05) is 19.6 Å². The minimum absolute atomic E-state index is 0.186. The van der Waals surface area contributed by atoms with Crippen LogP contribution >= 0.6 is 11.3 Å². The van der Waals surface area contributed by atoms with Gasteiger partial charge in [-0.15, -0.1) is 11.3 Å². The van der Waals surface area contributed by atoms with Crippen molar-refractivity contribution in [1.29, 1.82) is 0 Å². The quantitative estimate of drug-likeness (QED) is 0.855. The molecule has 0 spiro atoms. The van der Waals surface area contributed by atoms with Crippen LogP contribution in [-0.2, 0) is 0 Å². The van der Waals surface area contributed by atoms with Crippen LogP contribution in [0, 0.1) is 12.8 Å². The normalized spacial score (nSPS) is 21.1. The summed E-state index contributed by atoms with van der Waals surface area (Å²) in [6.45, 7) is 4.39. The first-order chi connectivity index (χ1) is 7.72. The van der Waals surface area contributed by atoms with Crippen LogP contribution in [0.5, 0.6) is 0 Å². The Morgan fingerprint density at radius 2 is 2.50 bits per heavy atom. The van der Waals surface area contributed by atoms with Gasteiger partial charge in [0.2, 0.25) is 0 Å². The van der Waals surface area contributed by atoms with E-state index in [0.29, 0.717) is 12.5 Å². The standard InChI is InChI=1S/C12H18N2OS/c1-9-4-6-16-11(9)12(15)14-5-2-3-10(7-13)8-14/h4,6,10H,2-3,5,7-8,13H2,1H3. The van der Waals surface area contributed by atoms with Gasteiger partial charge < -0.3 is 10.6 Å². The highest BCUT2D eigenvalue weighted by Gasteiger charge is 2.24. The highest BCUT2D eigenvalue weighted by molar-refractivity contribution is 7.12. The van der Waals surface area contributed by atoms with Gasteiger partial charge in [-0.2, -0.15) is 0 Å². The minimum Gasteiger partial charge on any atom is -0.338 e. The van der Waals surface area contributed by atoms with Crippen molar-refractivity contribution in [3.63, 3.8) is 0 Å². The number of aryl methyl sites for hydroxylation is 1. The van der Waals surface area contributed by atoms with Gasteiger partial charge in [-0.05, 0) is 49.2 Å². The van der Waals surface area contributed by atoms with Gasteiger partial charge in [0.1, 0.15) is 0 Å². The monoisotopic (exact) mass is 238 g/mol. The molecule has 0 bridgehead atoms. The topological polar surface area (TPSA) is 46.3 Å². The van der Waals surface area contributed by atoms with Crippen molar-refractivity contribution in [1.82, 2.24) is 4.90 Å². The lowest BCUT2D eigenvalue weighted by Crippen LogP contribution is -2.41. The van der Waals surface area contributed by atoms with Crippen LogP contribution in [0.4, 0.5) is 0 Å². The Balaban J connectivity index is 2.07. The third-order valence-corrected chi connectivity index (χ3v) is 4.20. The Bertz CT molecular complexity index is 375. The molecule has 1 unspecified atom stereocenters. The summed E-state index contributed by atoms with van der Waals surface area (Å²) in [6.07, 6.45) is 2.24. The van der Waals surface area contributed by atoms with E-state index in [4.69, 9.17) is 5.73 Å². The molecule has 1 aromatic rings. The maximum atomic E-state index is 12.2. The molecule has 1 saturated heterocycles. The summed E-state index contributed by atoms with van der Waals surface area (Å²) in [5, 5.41) is 1.98. The van der Waals surface area contributed by atoms with Crippen LogP contribution in [0.3, 0.4) is 0 Å². The van der Waals surface area contributed by atoms with Crippen molar-refractivity contribution >= 4 is 17.2 Å². The number of rotatable bonds is 2. The molecule has 2 heterocycles. The molecule has 1 aliphatic heterocycles. The predicted molar refractivity (Wildman–Crippen MR) is 66.7 cm³/mol. The molecule has 1 atom stereocenters. The van der Waals surface area contributed by atoms with Crippen LogP contribution in [0.1, 0.15) is 28.1 Å². The zero-order valence-electron chi connectivity index (χ0n) is 9.61. The van der Waals surface area contributed by atoms with Gasteiger partial charge in [0.05, 0.1) is 4.88 Å². The Morgan fingerprint density at radius 3 is 3.12 bits per heavy atom. The first-order valence-electron chi connectivity index (χ1n) is 5.76. The number of carbonyl (C=O) groups is 1. The third-order valence-electron chi connectivity index (χ3n) is 3.20. The van der Waals surface area contributed by atoms with Crippen LogP contribution < -0.4 is 5.73 Å². The molecule has 1 amide bonds. The highest BCUT2D eigenvalue weighted by Crippen LogP contribution is 2.22. The van der Waals surface area contributed by atoms with E-state index in [-0.39, 0.29) is 5.91 Å². The minimum atomic E-state index is 0.186. The molecule has 0 saturated carbocycles. The van der Waals surface area contributed by atoms with Gasteiger partial charge >= 0.3 is 0 Å². The average molecular weight is 238 g/mol. The SMILES string of the molecule is Cc1ccsc1C(=O)N1CCCC(CN)C1. The first kappa shape index (κ1) is 11.6. The number of likely N-dealkylation sites (tertiary alicyclic amines) is 1. The van der Waals surface area contributed by atoms with Crippen LogP contribution in [-0.4, -0.2) is 30.4 Å². The van der Waals surface area contributed by atoms with Crippen LogP contribution in [0.15, 0.2) is 11.4 Å². The maximum Gasteiger partial charge on any atom is 0.264 e. The second-order valence-electron chi connectivity index (χ2n) is 4.43.